The molecule has 160 valence electrons. The molecule has 31 heavy (non-hydrogen) atoms. The Morgan fingerprint density at radius 1 is 1.19 bits per heavy atom. The SMILES string of the molecule is COc1ccc(OC)c(N2CC(C(=O)Nc3cccc(-c4noc(=O)[nH]4)c3)CC2=O)c1. The fourth-order valence-corrected chi connectivity index (χ4v) is 3.47. The second kappa shape index (κ2) is 8.34. The highest BCUT2D eigenvalue weighted by atomic mass is 16.5. The van der Waals surface area contributed by atoms with Gasteiger partial charge in [0.2, 0.25) is 11.8 Å². The van der Waals surface area contributed by atoms with Crippen molar-refractivity contribution in [2.24, 2.45) is 5.92 Å². The van der Waals surface area contributed by atoms with E-state index in [1.54, 1.807) is 42.5 Å². The molecule has 0 aliphatic carbocycles. The maximum Gasteiger partial charge on any atom is 0.439 e. The van der Waals surface area contributed by atoms with Crippen LogP contribution in [0.2, 0.25) is 0 Å². The van der Waals surface area contributed by atoms with Gasteiger partial charge >= 0.3 is 5.76 Å². The van der Waals surface area contributed by atoms with Gasteiger partial charge in [-0.05, 0) is 24.3 Å². The number of nitrogens with one attached hydrogen (secondary N) is 2. The summed E-state index contributed by atoms with van der Waals surface area (Å²) < 4.78 is 15.1. The lowest BCUT2D eigenvalue weighted by Crippen LogP contribution is -2.28. The molecule has 1 fully saturated rings. The summed E-state index contributed by atoms with van der Waals surface area (Å²) in [5, 5.41) is 6.46. The van der Waals surface area contributed by atoms with E-state index in [1.165, 1.54) is 19.1 Å². The average molecular weight is 424 g/mol. The number of ether oxygens (including phenoxy) is 2. The van der Waals surface area contributed by atoms with E-state index >= 15 is 0 Å². The highest BCUT2D eigenvalue weighted by Crippen LogP contribution is 2.36. The van der Waals surface area contributed by atoms with Gasteiger partial charge in [0.1, 0.15) is 11.5 Å². The molecular formula is C21H20N4O6. The van der Waals surface area contributed by atoms with E-state index in [-0.39, 0.29) is 30.6 Å². The summed E-state index contributed by atoms with van der Waals surface area (Å²) in [6.45, 7) is 0.213. The molecule has 4 rings (SSSR count). The van der Waals surface area contributed by atoms with Crippen LogP contribution in [0, 0.1) is 5.92 Å². The molecule has 2 aromatic carbocycles. The number of nitrogens with zero attached hydrogens (tertiary/aromatic N) is 2. The molecule has 10 nitrogen and oxygen atoms in total. The van der Waals surface area contributed by atoms with E-state index in [9.17, 15) is 14.4 Å². The van der Waals surface area contributed by atoms with Crippen molar-refractivity contribution >= 4 is 23.2 Å². The molecule has 2 heterocycles. The van der Waals surface area contributed by atoms with Crippen molar-refractivity contribution in [3.8, 4) is 22.9 Å². The van der Waals surface area contributed by atoms with Crippen LogP contribution in [0.5, 0.6) is 11.5 Å². The van der Waals surface area contributed by atoms with E-state index in [0.29, 0.717) is 28.4 Å². The minimum absolute atomic E-state index is 0.0719. The van der Waals surface area contributed by atoms with Crippen molar-refractivity contribution in [1.29, 1.82) is 0 Å². The summed E-state index contributed by atoms with van der Waals surface area (Å²) in [6.07, 6.45) is 0.0719. The van der Waals surface area contributed by atoms with Gasteiger partial charge in [0.05, 0.1) is 25.8 Å². The number of aromatic nitrogens is 2. The zero-order valence-electron chi connectivity index (χ0n) is 16.9. The van der Waals surface area contributed by atoms with Crippen molar-refractivity contribution in [2.45, 2.75) is 6.42 Å². The number of carbonyl (C=O) groups is 2. The molecule has 1 saturated heterocycles. The second-order valence-electron chi connectivity index (χ2n) is 6.96. The summed E-state index contributed by atoms with van der Waals surface area (Å²) in [6, 6.07) is 12.0. The molecule has 2 amide bonds. The van der Waals surface area contributed by atoms with Crippen LogP contribution in [0.15, 0.2) is 51.8 Å². The molecule has 10 heteroatoms. The zero-order valence-corrected chi connectivity index (χ0v) is 16.9. The van der Waals surface area contributed by atoms with Gasteiger partial charge < -0.3 is 19.7 Å². The smallest absolute Gasteiger partial charge is 0.439 e. The molecule has 1 aliphatic heterocycles. The number of rotatable bonds is 6. The molecule has 0 radical (unpaired) electrons. The summed E-state index contributed by atoms with van der Waals surface area (Å²) in [4.78, 5) is 40.6. The number of methoxy groups -OCH3 is 2. The summed E-state index contributed by atoms with van der Waals surface area (Å²) in [5.41, 5.74) is 1.64. The van der Waals surface area contributed by atoms with Gasteiger partial charge in [-0.3, -0.25) is 19.1 Å². The lowest BCUT2D eigenvalue weighted by atomic mass is 10.1. The van der Waals surface area contributed by atoms with Crippen LogP contribution in [0.3, 0.4) is 0 Å². The average Bonchev–Trinajstić information content (AvgIpc) is 3.39. The molecule has 0 bridgehead atoms. The zero-order chi connectivity index (χ0) is 22.0. The lowest BCUT2D eigenvalue weighted by Gasteiger charge is -2.20. The van der Waals surface area contributed by atoms with Gasteiger partial charge in [0, 0.05) is 30.3 Å². The molecule has 1 atom stereocenters. The van der Waals surface area contributed by atoms with Crippen LogP contribution >= 0.6 is 0 Å². The van der Waals surface area contributed by atoms with Crippen LogP contribution in [0.1, 0.15) is 6.42 Å². The third kappa shape index (κ3) is 4.13. The first-order valence-electron chi connectivity index (χ1n) is 9.48. The van der Waals surface area contributed by atoms with E-state index in [4.69, 9.17) is 9.47 Å². The predicted molar refractivity (Wildman–Crippen MR) is 111 cm³/mol. The van der Waals surface area contributed by atoms with Gasteiger partial charge in [-0.25, -0.2) is 4.79 Å². The van der Waals surface area contributed by atoms with Crippen LogP contribution in [-0.2, 0) is 9.59 Å². The molecule has 3 aromatic rings. The second-order valence-corrected chi connectivity index (χ2v) is 6.96. The first-order valence-corrected chi connectivity index (χ1v) is 9.48. The van der Waals surface area contributed by atoms with Crippen LogP contribution in [-0.4, -0.2) is 42.7 Å². The minimum atomic E-state index is -0.665. The summed E-state index contributed by atoms with van der Waals surface area (Å²) in [7, 11) is 3.06. The number of amides is 2. The van der Waals surface area contributed by atoms with Gasteiger partial charge in [0.15, 0.2) is 5.82 Å². The predicted octanol–water partition coefficient (Wildman–Crippen LogP) is 2.04. The van der Waals surface area contributed by atoms with Crippen molar-refractivity contribution in [3.63, 3.8) is 0 Å². The van der Waals surface area contributed by atoms with Crippen LogP contribution in [0.4, 0.5) is 11.4 Å². The van der Waals surface area contributed by atoms with Gasteiger partial charge in [-0.15, -0.1) is 0 Å². The van der Waals surface area contributed by atoms with Crippen LogP contribution in [0.25, 0.3) is 11.4 Å². The Balaban J connectivity index is 1.50. The number of carbonyl (C=O) groups excluding carboxylic acids is 2. The van der Waals surface area contributed by atoms with Crippen molar-refractivity contribution < 1.29 is 23.6 Å². The highest BCUT2D eigenvalue weighted by molar-refractivity contribution is 6.04. The van der Waals surface area contributed by atoms with Gasteiger partial charge in [0.25, 0.3) is 0 Å². The number of hydrogen-bond acceptors (Lipinski definition) is 7. The number of aromatic amines is 1. The maximum atomic E-state index is 12.8. The van der Waals surface area contributed by atoms with E-state index in [1.807, 2.05) is 0 Å². The fraction of sp³-hybridized carbons (Fsp3) is 0.238. The Labute approximate surface area is 176 Å². The molecular weight excluding hydrogens is 404 g/mol. The monoisotopic (exact) mass is 424 g/mol. The highest BCUT2D eigenvalue weighted by Gasteiger charge is 2.36. The van der Waals surface area contributed by atoms with E-state index in [2.05, 4.69) is 20.0 Å². The summed E-state index contributed by atoms with van der Waals surface area (Å²) in [5.74, 6) is -0.317. The van der Waals surface area contributed by atoms with Crippen molar-refractivity contribution in [3.05, 3.63) is 53.0 Å². The topological polar surface area (TPSA) is 127 Å². The Kier molecular flexibility index (Phi) is 5.44. The van der Waals surface area contributed by atoms with Crippen molar-refractivity contribution in [1.82, 2.24) is 10.1 Å². The molecule has 0 spiro atoms. The van der Waals surface area contributed by atoms with E-state index < -0.39 is 11.7 Å². The van der Waals surface area contributed by atoms with E-state index in [0.717, 1.165) is 0 Å². The largest absolute Gasteiger partial charge is 0.497 e. The normalized spacial score (nSPS) is 15.7. The Morgan fingerprint density at radius 3 is 2.74 bits per heavy atom. The van der Waals surface area contributed by atoms with Crippen molar-refractivity contribution in [2.75, 3.05) is 31.0 Å². The molecule has 0 saturated carbocycles. The minimum Gasteiger partial charge on any atom is -0.497 e. The lowest BCUT2D eigenvalue weighted by molar-refractivity contribution is -0.122. The first-order chi connectivity index (χ1) is 15.0. The Bertz CT molecular complexity index is 1180. The van der Waals surface area contributed by atoms with Gasteiger partial charge in [-0.1, -0.05) is 17.3 Å². The molecule has 1 aromatic heterocycles. The number of H-pyrrole nitrogens is 1. The Morgan fingerprint density at radius 2 is 2.03 bits per heavy atom. The Hall–Kier alpha value is -4.08. The molecule has 1 aliphatic rings. The third-order valence-electron chi connectivity index (χ3n) is 5.02. The number of benzene rings is 2. The fourth-order valence-electron chi connectivity index (χ4n) is 3.47. The maximum absolute atomic E-state index is 12.8. The first kappa shape index (κ1) is 20.2. The number of anilines is 2. The number of hydrogen-bond donors (Lipinski definition) is 2. The summed E-state index contributed by atoms with van der Waals surface area (Å²) >= 11 is 0. The quantitative estimate of drug-likeness (QED) is 0.620. The third-order valence-corrected chi connectivity index (χ3v) is 5.02. The molecule has 1 unspecified atom stereocenters. The van der Waals surface area contributed by atoms with Crippen LogP contribution < -0.4 is 25.4 Å². The molecule has 2 N–H and O–H groups in total. The van der Waals surface area contributed by atoms with Gasteiger partial charge in [-0.2, -0.15) is 0 Å². The standard InChI is InChI=1S/C21H20N4O6/c1-29-15-6-7-17(30-2)16(10-15)25-11-13(9-18(25)26)20(27)22-14-5-3-4-12(8-14)19-23-21(28)31-24-19/h3-8,10,13H,9,11H2,1-2H3,(H,22,27)(H,23,24,28).